The molecule has 2 saturated carbocycles. The summed E-state index contributed by atoms with van der Waals surface area (Å²) in [5, 5.41) is 9.48. The van der Waals surface area contributed by atoms with Crippen LogP contribution in [0.15, 0.2) is 42.5 Å². The summed E-state index contributed by atoms with van der Waals surface area (Å²) in [7, 11) is 0. The van der Waals surface area contributed by atoms with Gasteiger partial charge in [-0.1, -0.05) is 44.2 Å². The second-order valence-corrected chi connectivity index (χ2v) is 8.87. The molecule has 1 N–H and O–H groups in total. The largest absolute Gasteiger partial charge is 0.458 e. The first-order valence-corrected chi connectivity index (χ1v) is 10.5. The van der Waals surface area contributed by atoms with Gasteiger partial charge >= 0.3 is 5.97 Å². The number of carbonyl (C=O) groups excluding carboxylic acids is 1. The molecule has 0 aromatic heterocycles. The molecule has 0 spiro atoms. The number of benzene rings is 1. The maximum Gasteiger partial charge on any atom is 0.338 e. The van der Waals surface area contributed by atoms with Gasteiger partial charge in [0.15, 0.2) is 0 Å². The van der Waals surface area contributed by atoms with Crippen LogP contribution >= 0.6 is 0 Å². The normalized spacial score (nSPS) is 32.8. The monoisotopic (exact) mass is 370 g/mol. The Hall–Kier alpha value is -1.61. The second-order valence-electron chi connectivity index (χ2n) is 8.87. The van der Waals surface area contributed by atoms with Crippen LogP contribution in [0, 0.1) is 23.2 Å². The van der Waals surface area contributed by atoms with Gasteiger partial charge in [-0.15, -0.1) is 0 Å². The Labute approximate surface area is 163 Å². The average Bonchev–Trinajstić information content (AvgIpc) is 3.00. The van der Waals surface area contributed by atoms with Gasteiger partial charge in [-0.05, 0) is 74.8 Å². The highest BCUT2D eigenvalue weighted by Gasteiger charge is 2.53. The number of aliphatic hydroxyl groups is 1. The van der Waals surface area contributed by atoms with Gasteiger partial charge in [-0.25, -0.2) is 4.79 Å². The first kappa shape index (κ1) is 20.1. The highest BCUT2D eigenvalue weighted by molar-refractivity contribution is 5.89. The lowest BCUT2D eigenvalue weighted by Gasteiger charge is -2.45. The molecule has 1 aromatic carbocycles. The van der Waals surface area contributed by atoms with Crippen LogP contribution in [-0.4, -0.2) is 23.3 Å². The van der Waals surface area contributed by atoms with Gasteiger partial charge in [0.2, 0.25) is 0 Å². The third-order valence-corrected chi connectivity index (χ3v) is 6.96. The molecule has 0 aliphatic heterocycles. The van der Waals surface area contributed by atoms with Crippen molar-refractivity contribution in [3.63, 3.8) is 0 Å². The van der Waals surface area contributed by atoms with Crippen molar-refractivity contribution < 1.29 is 14.6 Å². The SMILES string of the molecule is C[C@H](O)CC=C[C@H](C)[C@H]1CC[C@H]2C(OC(=O)c3ccccc3)CCC[C@]12C. The van der Waals surface area contributed by atoms with E-state index in [1.807, 2.05) is 37.3 Å². The number of ether oxygens (including phenoxy) is 1. The molecule has 3 nitrogen and oxygen atoms in total. The Morgan fingerprint density at radius 2 is 2.00 bits per heavy atom. The Morgan fingerprint density at radius 1 is 1.26 bits per heavy atom. The molecule has 148 valence electrons. The zero-order valence-corrected chi connectivity index (χ0v) is 16.9. The Morgan fingerprint density at radius 3 is 2.70 bits per heavy atom. The number of allylic oxidation sites excluding steroid dienone is 1. The first-order chi connectivity index (χ1) is 12.9. The van der Waals surface area contributed by atoms with Crippen LogP contribution < -0.4 is 0 Å². The highest BCUT2D eigenvalue weighted by atomic mass is 16.5. The van der Waals surface area contributed by atoms with Crippen molar-refractivity contribution in [1.29, 1.82) is 0 Å². The van der Waals surface area contributed by atoms with Crippen molar-refractivity contribution in [3.8, 4) is 0 Å². The number of carbonyl (C=O) groups is 1. The van der Waals surface area contributed by atoms with Crippen LogP contribution in [-0.2, 0) is 4.74 Å². The minimum atomic E-state index is -0.281. The Balaban J connectivity index is 1.68. The molecule has 1 aromatic rings. The quantitative estimate of drug-likeness (QED) is 0.539. The van der Waals surface area contributed by atoms with E-state index in [-0.39, 0.29) is 23.6 Å². The van der Waals surface area contributed by atoms with E-state index >= 15 is 0 Å². The van der Waals surface area contributed by atoms with Crippen molar-refractivity contribution in [2.45, 2.75) is 71.5 Å². The highest BCUT2D eigenvalue weighted by Crippen LogP contribution is 2.58. The molecule has 2 aliphatic carbocycles. The van der Waals surface area contributed by atoms with Crippen LogP contribution in [0.3, 0.4) is 0 Å². The van der Waals surface area contributed by atoms with Crippen molar-refractivity contribution in [3.05, 3.63) is 48.0 Å². The van der Waals surface area contributed by atoms with Crippen molar-refractivity contribution >= 4 is 5.97 Å². The van der Waals surface area contributed by atoms with Gasteiger partial charge < -0.3 is 9.84 Å². The van der Waals surface area contributed by atoms with E-state index in [9.17, 15) is 9.90 Å². The summed E-state index contributed by atoms with van der Waals surface area (Å²) in [4.78, 5) is 12.6. The van der Waals surface area contributed by atoms with Gasteiger partial charge in [-0.3, -0.25) is 0 Å². The lowest BCUT2D eigenvalue weighted by molar-refractivity contribution is -0.0444. The summed E-state index contributed by atoms with van der Waals surface area (Å²) >= 11 is 0. The van der Waals surface area contributed by atoms with Gasteiger partial charge in [0.1, 0.15) is 6.10 Å². The van der Waals surface area contributed by atoms with Crippen LogP contribution in [0.2, 0.25) is 0 Å². The molecule has 1 unspecified atom stereocenters. The molecule has 3 rings (SSSR count). The van der Waals surface area contributed by atoms with E-state index in [0.29, 0.717) is 29.7 Å². The van der Waals surface area contributed by atoms with E-state index in [2.05, 4.69) is 26.0 Å². The summed E-state index contributed by atoms with van der Waals surface area (Å²) in [5.74, 6) is 1.38. The van der Waals surface area contributed by atoms with E-state index in [1.54, 1.807) is 0 Å². The third-order valence-electron chi connectivity index (χ3n) is 6.96. The van der Waals surface area contributed by atoms with E-state index in [4.69, 9.17) is 4.74 Å². The number of esters is 1. The Bertz CT molecular complexity index is 651. The average molecular weight is 371 g/mol. The van der Waals surface area contributed by atoms with E-state index in [1.165, 1.54) is 12.8 Å². The van der Waals surface area contributed by atoms with Crippen molar-refractivity contribution in [2.24, 2.45) is 23.2 Å². The maximum atomic E-state index is 12.6. The lowest BCUT2D eigenvalue weighted by Crippen LogP contribution is -2.43. The molecule has 0 saturated heterocycles. The standard InChI is InChI=1S/C24H34O3/c1-17(9-7-10-18(2)25)20-14-15-21-22(13-8-16-24(20,21)3)27-23(26)19-11-5-4-6-12-19/h4-7,9,11-12,17-18,20-22,25H,8,10,13-16H2,1-3H3/t17-,18-,20+,21-,22?,24+/m0/s1. The molecular formula is C24H34O3. The van der Waals surface area contributed by atoms with Crippen molar-refractivity contribution in [2.75, 3.05) is 0 Å². The van der Waals surface area contributed by atoms with Crippen LogP contribution in [0.4, 0.5) is 0 Å². The summed E-state index contributed by atoms with van der Waals surface area (Å²) < 4.78 is 6.01. The third kappa shape index (κ3) is 4.45. The first-order valence-electron chi connectivity index (χ1n) is 10.5. The van der Waals surface area contributed by atoms with E-state index < -0.39 is 0 Å². The van der Waals surface area contributed by atoms with Gasteiger partial charge in [0.25, 0.3) is 0 Å². The van der Waals surface area contributed by atoms with Gasteiger partial charge in [0.05, 0.1) is 11.7 Å². The molecular weight excluding hydrogens is 336 g/mol. The van der Waals surface area contributed by atoms with E-state index in [0.717, 1.165) is 19.3 Å². The van der Waals surface area contributed by atoms with Crippen LogP contribution in [0.1, 0.15) is 69.7 Å². The van der Waals surface area contributed by atoms with Gasteiger partial charge in [0, 0.05) is 5.92 Å². The zero-order valence-electron chi connectivity index (χ0n) is 16.9. The molecule has 0 bridgehead atoms. The van der Waals surface area contributed by atoms with Gasteiger partial charge in [-0.2, -0.15) is 0 Å². The van der Waals surface area contributed by atoms with Crippen LogP contribution in [0.25, 0.3) is 0 Å². The maximum absolute atomic E-state index is 12.6. The minimum absolute atomic E-state index is 0.0371. The van der Waals surface area contributed by atoms with Crippen LogP contribution in [0.5, 0.6) is 0 Å². The fourth-order valence-corrected chi connectivity index (χ4v) is 5.57. The summed E-state index contributed by atoms with van der Waals surface area (Å²) in [5.41, 5.74) is 0.878. The molecule has 2 fully saturated rings. The topological polar surface area (TPSA) is 46.5 Å². The second kappa shape index (κ2) is 8.60. The lowest BCUT2D eigenvalue weighted by atomic mass is 9.62. The molecule has 27 heavy (non-hydrogen) atoms. The number of hydrogen-bond acceptors (Lipinski definition) is 3. The molecule has 2 aliphatic rings. The molecule has 0 radical (unpaired) electrons. The molecule has 0 amide bonds. The summed E-state index contributed by atoms with van der Waals surface area (Å²) in [6, 6.07) is 9.35. The number of rotatable bonds is 6. The summed E-state index contributed by atoms with van der Waals surface area (Å²) in [6.07, 6.45) is 10.5. The predicted molar refractivity (Wildman–Crippen MR) is 108 cm³/mol. The van der Waals surface area contributed by atoms with Crippen molar-refractivity contribution in [1.82, 2.24) is 0 Å². The molecule has 3 heteroatoms. The molecule has 6 atom stereocenters. The number of hydrogen-bond donors (Lipinski definition) is 1. The summed E-state index contributed by atoms with van der Waals surface area (Å²) in [6.45, 7) is 6.54. The fourth-order valence-electron chi connectivity index (χ4n) is 5.57. The zero-order chi connectivity index (χ0) is 19.4. The molecule has 0 heterocycles. The predicted octanol–water partition coefficient (Wildman–Crippen LogP) is 5.39. The minimum Gasteiger partial charge on any atom is -0.458 e. The number of fused-ring (bicyclic) bond motifs is 1. The Kier molecular flexibility index (Phi) is 6.41. The fraction of sp³-hybridized carbons (Fsp3) is 0.625. The number of aliphatic hydroxyl groups excluding tert-OH is 1. The smallest absolute Gasteiger partial charge is 0.338 e.